The SMILES string of the molecule is CCOC(=O)/C(C)=C/N1CCCC1. The van der Waals surface area contributed by atoms with Gasteiger partial charge in [0, 0.05) is 24.9 Å². The first-order valence-electron chi connectivity index (χ1n) is 4.83. The van der Waals surface area contributed by atoms with Gasteiger partial charge in [-0.15, -0.1) is 0 Å². The molecule has 0 bridgehead atoms. The van der Waals surface area contributed by atoms with Crippen molar-refractivity contribution in [2.75, 3.05) is 19.7 Å². The molecule has 0 aromatic heterocycles. The maximum absolute atomic E-state index is 11.2. The van der Waals surface area contributed by atoms with Crippen molar-refractivity contribution in [1.82, 2.24) is 4.90 Å². The van der Waals surface area contributed by atoms with Crippen LogP contribution >= 0.6 is 0 Å². The second kappa shape index (κ2) is 4.90. The first-order chi connectivity index (χ1) is 6.24. The second-order valence-electron chi connectivity index (χ2n) is 3.28. The van der Waals surface area contributed by atoms with Gasteiger partial charge in [0.2, 0.25) is 0 Å². The molecule has 13 heavy (non-hydrogen) atoms. The van der Waals surface area contributed by atoms with E-state index in [2.05, 4.69) is 4.90 Å². The van der Waals surface area contributed by atoms with Crippen molar-refractivity contribution in [1.29, 1.82) is 0 Å². The van der Waals surface area contributed by atoms with Gasteiger partial charge in [-0.05, 0) is 26.7 Å². The normalized spacial score (nSPS) is 17.7. The Kier molecular flexibility index (Phi) is 3.80. The number of carbonyl (C=O) groups excluding carboxylic acids is 1. The Labute approximate surface area is 79.4 Å². The van der Waals surface area contributed by atoms with Gasteiger partial charge >= 0.3 is 5.97 Å². The molecule has 1 fully saturated rings. The van der Waals surface area contributed by atoms with E-state index in [1.165, 1.54) is 12.8 Å². The number of nitrogens with zero attached hydrogens (tertiary/aromatic N) is 1. The zero-order chi connectivity index (χ0) is 9.68. The smallest absolute Gasteiger partial charge is 0.335 e. The number of esters is 1. The monoisotopic (exact) mass is 183 g/mol. The van der Waals surface area contributed by atoms with Crippen molar-refractivity contribution in [3.05, 3.63) is 11.8 Å². The van der Waals surface area contributed by atoms with Crippen molar-refractivity contribution >= 4 is 5.97 Å². The van der Waals surface area contributed by atoms with Crippen molar-refractivity contribution in [2.24, 2.45) is 0 Å². The lowest BCUT2D eigenvalue weighted by atomic mass is 10.3. The number of ether oxygens (including phenoxy) is 1. The highest BCUT2D eigenvalue weighted by atomic mass is 16.5. The number of carbonyl (C=O) groups is 1. The van der Waals surface area contributed by atoms with Crippen LogP contribution in [0.5, 0.6) is 0 Å². The Morgan fingerprint density at radius 1 is 1.46 bits per heavy atom. The van der Waals surface area contributed by atoms with Crippen LogP contribution in [0.3, 0.4) is 0 Å². The predicted octanol–water partition coefficient (Wildman–Crippen LogP) is 1.55. The van der Waals surface area contributed by atoms with Crippen LogP contribution in [0.2, 0.25) is 0 Å². The summed E-state index contributed by atoms with van der Waals surface area (Å²) < 4.78 is 4.88. The Morgan fingerprint density at radius 2 is 2.08 bits per heavy atom. The molecule has 0 aromatic carbocycles. The molecule has 0 saturated carbocycles. The molecular formula is C10H17NO2. The summed E-state index contributed by atoms with van der Waals surface area (Å²) in [4.78, 5) is 13.4. The molecular weight excluding hydrogens is 166 g/mol. The molecule has 0 atom stereocenters. The molecule has 1 aliphatic heterocycles. The highest BCUT2D eigenvalue weighted by Crippen LogP contribution is 2.10. The molecule has 0 spiro atoms. The molecule has 1 rings (SSSR count). The summed E-state index contributed by atoms with van der Waals surface area (Å²) >= 11 is 0. The Hall–Kier alpha value is -0.990. The highest BCUT2D eigenvalue weighted by molar-refractivity contribution is 5.87. The van der Waals surface area contributed by atoms with Gasteiger partial charge in [0.25, 0.3) is 0 Å². The van der Waals surface area contributed by atoms with E-state index >= 15 is 0 Å². The van der Waals surface area contributed by atoms with Crippen LogP contribution in [-0.4, -0.2) is 30.6 Å². The zero-order valence-electron chi connectivity index (χ0n) is 8.38. The summed E-state index contributed by atoms with van der Waals surface area (Å²) in [5.41, 5.74) is 0.698. The van der Waals surface area contributed by atoms with E-state index in [0.717, 1.165) is 13.1 Å². The first-order valence-corrected chi connectivity index (χ1v) is 4.83. The third-order valence-electron chi connectivity index (χ3n) is 2.11. The largest absolute Gasteiger partial charge is 0.463 e. The average Bonchev–Trinajstić information content (AvgIpc) is 2.57. The maximum Gasteiger partial charge on any atom is 0.335 e. The summed E-state index contributed by atoms with van der Waals surface area (Å²) in [5.74, 6) is -0.200. The minimum absolute atomic E-state index is 0.200. The minimum Gasteiger partial charge on any atom is -0.463 e. The number of hydrogen-bond donors (Lipinski definition) is 0. The number of hydrogen-bond acceptors (Lipinski definition) is 3. The molecule has 0 N–H and O–H groups in total. The standard InChI is InChI=1S/C10H17NO2/c1-3-13-10(12)9(2)8-11-6-4-5-7-11/h8H,3-7H2,1-2H3/b9-8+. The van der Waals surface area contributed by atoms with E-state index in [1.54, 1.807) is 6.92 Å². The second-order valence-corrected chi connectivity index (χ2v) is 3.28. The fourth-order valence-corrected chi connectivity index (χ4v) is 1.44. The zero-order valence-corrected chi connectivity index (χ0v) is 8.38. The number of likely N-dealkylation sites (tertiary alicyclic amines) is 1. The molecule has 1 heterocycles. The molecule has 3 heteroatoms. The van der Waals surface area contributed by atoms with Crippen molar-refractivity contribution < 1.29 is 9.53 Å². The fourth-order valence-electron chi connectivity index (χ4n) is 1.44. The molecule has 1 aliphatic rings. The summed E-state index contributed by atoms with van der Waals surface area (Å²) in [6, 6.07) is 0. The van der Waals surface area contributed by atoms with Gasteiger partial charge in [-0.3, -0.25) is 0 Å². The van der Waals surface area contributed by atoms with Crippen LogP contribution in [0.15, 0.2) is 11.8 Å². The lowest BCUT2D eigenvalue weighted by Gasteiger charge is -2.12. The van der Waals surface area contributed by atoms with E-state index in [4.69, 9.17) is 4.74 Å². The molecule has 0 unspecified atom stereocenters. The van der Waals surface area contributed by atoms with Crippen LogP contribution in [-0.2, 0) is 9.53 Å². The van der Waals surface area contributed by atoms with Crippen molar-refractivity contribution in [3.63, 3.8) is 0 Å². The van der Waals surface area contributed by atoms with Gasteiger partial charge in [0.1, 0.15) is 0 Å². The molecule has 0 aliphatic carbocycles. The topological polar surface area (TPSA) is 29.5 Å². The van der Waals surface area contributed by atoms with Gasteiger partial charge in [0.15, 0.2) is 0 Å². The van der Waals surface area contributed by atoms with E-state index in [0.29, 0.717) is 12.2 Å². The van der Waals surface area contributed by atoms with Gasteiger partial charge in [-0.25, -0.2) is 4.79 Å². The highest BCUT2D eigenvalue weighted by Gasteiger charge is 2.10. The third kappa shape index (κ3) is 3.09. The van der Waals surface area contributed by atoms with E-state index in [-0.39, 0.29) is 5.97 Å². The first kappa shape index (κ1) is 10.1. The quantitative estimate of drug-likeness (QED) is 0.491. The summed E-state index contributed by atoms with van der Waals surface area (Å²) in [6.45, 7) is 6.20. The van der Waals surface area contributed by atoms with Gasteiger partial charge in [0.05, 0.1) is 6.61 Å². The summed E-state index contributed by atoms with van der Waals surface area (Å²) in [5, 5.41) is 0. The van der Waals surface area contributed by atoms with Crippen LogP contribution in [0.25, 0.3) is 0 Å². The molecule has 74 valence electrons. The van der Waals surface area contributed by atoms with Gasteiger partial charge < -0.3 is 9.64 Å². The molecule has 0 radical (unpaired) electrons. The van der Waals surface area contributed by atoms with Gasteiger partial charge in [-0.1, -0.05) is 0 Å². The van der Waals surface area contributed by atoms with E-state index in [9.17, 15) is 4.79 Å². The maximum atomic E-state index is 11.2. The van der Waals surface area contributed by atoms with Crippen molar-refractivity contribution in [3.8, 4) is 0 Å². The molecule has 3 nitrogen and oxygen atoms in total. The lowest BCUT2D eigenvalue weighted by molar-refractivity contribution is -0.138. The van der Waals surface area contributed by atoms with E-state index in [1.807, 2.05) is 13.1 Å². The van der Waals surface area contributed by atoms with Gasteiger partial charge in [-0.2, -0.15) is 0 Å². The van der Waals surface area contributed by atoms with E-state index < -0.39 is 0 Å². The predicted molar refractivity (Wildman–Crippen MR) is 51.2 cm³/mol. The Bertz CT molecular complexity index is 205. The Balaban J connectivity index is 2.44. The van der Waals surface area contributed by atoms with Crippen LogP contribution in [0.1, 0.15) is 26.7 Å². The minimum atomic E-state index is -0.200. The van der Waals surface area contributed by atoms with Crippen molar-refractivity contribution in [2.45, 2.75) is 26.7 Å². The molecule has 0 aromatic rings. The average molecular weight is 183 g/mol. The van der Waals surface area contributed by atoms with Crippen LogP contribution in [0, 0.1) is 0 Å². The fraction of sp³-hybridized carbons (Fsp3) is 0.700. The molecule has 1 saturated heterocycles. The third-order valence-corrected chi connectivity index (χ3v) is 2.11. The van der Waals surface area contributed by atoms with Crippen LogP contribution in [0.4, 0.5) is 0 Å². The summed E-state index contributed by atoms with van der Waals surface area (Å²) in [7, 11) is 0. The van der Waals surface area contributed by atoms with Crippen LogP contribution < -0.4 is 0 Å². The lowest BCUT2D eigenvalue weighted by Crippen LogP contribution is -2.14. The summed E-state index contributed by atoms with van der Waals surface area (Å²) in [6.07, 6.45) is 4.37. The molecule has 0 amide bonds. The Morgan fingerprint density at radius 3 is 2.62 bits per heavy atom. The number of rotatable bonds is 3.